The van der Waals surface area contributed by atoms with Gasteiger partial charge in [0.15, 0.2) is 0 Å². The quantitative estimate of drug-likeness (QED) is 0.740. The van der Waals surface area contributed by atoms with Crippen LogP contribution in [0.5, 0.6) is 0 Å². The van der Waals surface area contributed by atoms with Gasteiger partial charge in [0.1, 0.15) is 0 Å². The van der Waals surface area contributed by atoms with Gasteiger partial charge in [0, 0.05) is 20.0 Å². The Labute approximate surface area is 86.9 Å². The summed E-state index contributed by atoms with van der Waals surface area (Å²) in [6.07, 6.45) is 4.32. The summed E-state index contributed by atoms with van der Waals surface area (Å²) in [5.74, 6) is 0.908. The van der Waals surface area contributed by atoms with Crippen molar-refractivity contribution in [2.45, 2.75) is 32.6 Å². The van der Waals surface area contributed by atoms with Crippen molar-refractivity contribution < 1.29 is 4.79 Å². The molecule has 1 unspecified atom stereocenters. The lowest BCUT2D eigenvalue weighted by Crippen LogP contribution is -2.28. The first-order chi connectivity index (χ1) is 6.74. The summed E-state index contributed by atoms with van der Waals surface area (Å²) in [6, 6.07) is 0. The highest BCUT2D eigenvalue weighted by Crippen LogP contribution is 2.18. The summed E-state index contributed by atoms with van der Waals surface area (Å²) in [5.41, 5.74) is 0. The van der Waals surface area contributed by atoms with Crippen molar-refractivity contribution in [3.8, 4) is 0 Å². The summed E-state index contributed by atoms with van der Waals surface area (Å²) in [7, 11) is 1.89. The van der Waals surface area contributed by atoms with E-state index in [1.807, 2.05) is 18.9 Å². The molecule has 1 N–H and O–H groups in total. The molecule has 0 bridgehead atoms. The van der Waals surface area contributed by atoms with Crippen LogP contribution in [0.4, 0.5) is 0 Å². The largest absolute Gasteiger partial charge is 0.346 e. The number of rotatable bonds is 3. The van der Waals surface area contributed by atoms with Crippen molar-refractivity contribution in [1.29, 1.82) is 0 Å². The number of carbonyl (C=O) groups excluding carboxylic acids is 1. The maximum absolute atomic E-state index is 11.7. The van der Waals surface area contributed by atoms with E-state index in [2.05, 4.69) is 5.32 Å². The van der Waals surface area contributed by atoms with Crippen LogP contribution in [-0.2, 0) is 4.79 Å². The Bertz CT molecular complexity index is 174. The number of amides is 1. The molecule has 1 amide bonds. The molecule has 1 saturated heterocycles. The molecule has 0 aliphatic carbocycles. The van der Waals surface area contributed by atoms with Crippen molar-refractivity contribution in [3.05, 3.63) is 0 Å². The topological polar surface area (TPSA) is 32.3 Å². The standard InChI is InChI=1S/C11H22N2O/c1-3-13(2)11(14)9-10-5-4-7-12-8-6-10/h10,12H,3-9H2,1-2H3. The van der Waals surface area contributed by atoms with Gasteiger partial charge < -0.3 is 10.2 Å². The maximum atomic E-state index is 11.7. The summed E-state index contributed by atoms with van der Waals surface area (Å²) in [6.45, 7) is 5.04. The van der Waals surface area contributed by atoms with Crippen molar-refractivity contribution in [2.75, 3.05) is 26.7 Å². The fourth-order valence-corrected chi connectivity index (χ4v) is 1.87. The maximum Gasteiger partial charge on any atom is 0.222 e. The number of nitrogens with one attached hydrogen (secondary N) is 1. The Balaban J connectivity index is 2.30. The summed E-state index contributed by atoms with van der Waals surface area (Å²) < 4.78 is 0. The third kappa shape index (κ3) is 3.66. The van der Waals surface area contributed by atoms with Crippen molar-refractivity contribution in [3.63, 3.8) is 0 Å². The molecule has 0 aromatic heterocycles. The Morgan fingerprint density at radius 3 is 2.93 bits per heavy atom. The summed E-state index contributed by atoms with van der Waals surface area (Å²) in [4.78, 5) is 13.5. The third-order valence-electron chi connectivity index (χ3n) is 3.06. The van der Waals surface area contributed by atoms with Gasteiger partial charge in [-0.25, -0.2) is 0 Å². The summed E-state index contributed by atoms with van der Waals surface area (Å²) >= 11 is 0. The fourth-order valence-electron chi connectivity index (χ4n) is 1.87. The van der Waals surface area contributed by atoms with E-state index in [0.717, 1.165) is 32.5 Å². The molecule has 3 heteroatoms. The van der Waals surface area contributed by atoms with E-state index in [0.29, 0.717) is 11.8 Å². The molecule has 3 nitrogen and oxygen atoms in total. The number of carbonyl (C=O) groups is 1. The van der Waals surface area contributed by atoms with Gasteiger partial charge in [-0.1, -0.05) is 0 Å². The van der Waals surface area contributed by atoms with Crippen LogP contribution in [0.1, 0.15) is 32.6 Å². The Morgan fingerprint density at radius 1 is 1.43 bits per heavy atom. The summed E-state index contributed by atoms with van der Waals surface area (Å²) in [5, 5.41) is 3.37. The van der Waals surface area contributed by atoms with Gasteiger partial charge in [0.25, 0.3) is 0 Å². The highest BCUT2D eigenvalue weighted by molar-refractivity contribution is 5.76. The molecule has 14 heavy (non-hydrogen) atoms. The van der Waals surface area contributed by atoms with Crippen molar-refractivity contribution >= 4 is 5.91 Å². The fraction of sp³-hybridized carbons (Fsp3) is 0.909. The second-order valence-electron chi connectivity index (χ2n) is 4.16. The second kappa shape index (κ2) is 6.02. The van der Waals surface area contributed by atoms with Crippen LogP contribution in [0.2, 0.25) is 0 Å². The minimum absolute atomic E-state index is 0.305. The SMILES string of the molecule is CCN(C)C(=O)CC1CCCNCC1. The van der Waals surface area contributed by atoms with E-state index < -0.39 is 0 Å². The van der Waals surface area contributed by atoms with Gasteiger partial charge in [0.05, 0.1) is 0 Å². The number of hydrogen-bond acceptors (Lipinski definition) is 2. The van der Waals surface area contributed by atoms with E-state index in [-0.39, 0.29) is 0 Å². The first-order valence-corrected chi connectivity index (χ1v) is 5.68. The molecular formula is C11H22N2O. The average molecular weight is 198 g/mol. The molecule has 1 rings (SSSR count). The minimum atomic E-state index is 0.305. The van der Waals surface area contributed by atoms with E-state index in [9.17, 15) is 4.79 Å². The molecule has 82 valence electrons. The zero-order valence-electron chi connectivity index (χ0n) is 9.38. The first kappa shape index (κ1) is 11.5. The van der Waals surface area contributed by atoms with Gasteiger partial charge in [0.2, 0.25) is 5.91 Å². The van der Waals surface area contributed by atoms with E-state index in [1.165, 1.54) is 12.8 Å². The van der Waals surface area contributed by atoms with Gasteiger partial charge >= 0.3 is 0 Å². The molecule has 0 spiro atoms. The van der Waals surface area contributed by atoms with E-state index in [1.54, 1.807) is 0 Å². The third-order valence-corrected chi connectivity index (χ3v) is 3.06. The smallest absolute Gasteiger partial charge is 0.222 e. The van der Waals surface area contributed by atoms with Crippen LogP contribution < -0.4 is 5.32 Å². The molecule has 1 fully saturated rings. The first-order valence-electron chi connectivity index (χ1n) is 5.68. The van der Waals surface area contributed by atoms with Crippen LogP contribution in [0.25, 0.3) is 0 Å². The molecule has 0 radical (unpaired) electrons. The predicted octanol–water partition coefficient (Wildman–Crippen LogP) is 1.24. The highest BCUT2D eigenvalue weighted by atomic mass is 16.2. The zero-order valence-corrected chi connectivity index (χ0v) is 9.38. The van der Waals surface area contributed by atoms with Gasteiger partial charge in [-0.3, -0.25) is 4.79 Å². The van der Waals surface area contributed by atoms with Crippen LogP contribution in [0.3, 0.4) is 0 Å². The molecule has 1 atom stereocenters. The molecule has 1 heterocycles. The lowest BCUT2D eigenvalue weighted by molar-refractivity contribution is -0.130. The molecular weight excluding hydrogens is 176 g/mol. The monoisotopic (exact) mass is 198 g/mol. The van der Waals surface area contributed by atoms with Crippen LogP contribution in [0.15, 0.2) is 0 Å². The predicted molar refractivity (Wildman–Crippen MR) is 58.1 cm³/mol. The van der Waals surface area contributed by atoms with Gasteiger partial charge in [-0.15, -0.1) is 0 Å². The van der Waals surface area contributed by atoms with Crippen molar-refractivity contribution in [1.82, 2.24) is 10.2 Å². The normalized spacial score (nSPS) is 22.9. The average Bonchev–Trinajstić information content (AvgIpc) is 2.45. The van der Waals surface area contributed by atoms with Gasteiger partial charge in [-0.05, 0) is 45.2 Å². The Hall–Kier alpha value is -0.570. The minimum Gasteiger partial charge on any atom is -0.346 e. The molecule has 0 aromatic carbocycles. The number of hydrogen-bond donors (Lipinski definition) is 1. The highest BCUT2D eigenvalue weighted by Gasteiger charge is 2.17. The lowest BCUT2D eigenvalue weighted by atomic mass is 9.96. The molecule has 1 aliphatic heterocycles. The van der Waals surface area contributed by atoms with Crippen molar-refractivity contribution in [2.24, 2.45) is 5.92 Å². The van der Waals surface area contributed by atoms with Crippen LogP contribution in [0, 0.1) is 5.92 Å². The number of nitrogens with zero attached hydrogens (tertiary/aromatic N) is 1. The van der Waals surface area contributed by atoms with E-state index in [4.69, 9.17) is 0 Å². The lowest BCUT2D eigenvalue weighted by Gasteiger charge is -2.18. The second-order valence-corrected chi connectivity index (χ2v) is 4.16. The Kier molecular flexibility index (Phi) is 4.94. The molecule has 0 saturated carbocycles. The molecule has 1 aliphatic rings. The Morgan fingerprint density at radius 2 is 2.21 bits per heavy atom. The van der Waals surface area contributed by atoms with Crippen LogP contribution >= 0.6 is 0 Å². The van der Waals surface area contributed by atoms with E-state index >= 15 is 0 Å². The zero-order chi connectivity index (χ0) is 10.4. The van der Waals surface area contributed by atoms with Gasteiger partial charge in [-0.2, -0.15) is 0 Å². The molecule has 0 aromatic rings. The van der Waals surface area contributed by atoms with Crippen LogP contribution in [-0.4, -0.2) is 37.5 Å².